The molecule has 0 saturated carbocycles. The van der Waals surface area contributed by atoms with Crippen molar-refractivity contribution in [3.05, 3.63) is 87.7 Å². The molecule has 1 aromatic carbocycles. The summed E-state index contributed by atoms with van der Waals surface area (Å²) in [4.78, 5) is 17.6. The van der Waals surface area contributed by atoms with Gasteiger partial charge in [0.1, 0.15) is 29.6 Å². The van der Waals surface area contributed by atoms with Gasteiger partial charge < -0.3 is 9.30 Å². The van der Waals surface area contributed by atoms with E-state index in [1.54, 1.807) is 24.4 Å². The van der Waals surface area contributed by atoms with Crippen LogP contribution in [0.4, 0.5) is 4.39 Å². The summed E-state index contributed by atoms with van der Waals surface area (Å²) in [6, 6.07) is 13.3. The molecule has 0 atom stereocenters. The van der Waals surface area contributed by atoms with Crippen LogP contribution in [0.3, 0.4) is 0 Å². The second-order valence-corrected chi connectivity index (χ2v) is 8.07. The highest BCUT2D eigenvalue weighted by atomic mass is 19.1. The van der Waals surface area contributed by atoms with Crippen molar-refractivity contribution in [3.8, 4) is 11.6 Å². The molecular formula is C25H24FN3O2. The maximum Gasteiger partial charge on any atom is 0.259 e. The average Bonchev–Trinajstić information content (AvgIpc) is 2.93. The lowest BCUT2D eigenvalue weighted by atomic mass is 10.1. The van der Waals surface area contributed by atoms with Crippen LogP contribution in [-0.4, -0.2) is 14.1 Å². The SMILES string of the molecule is Cn1c2c(c3ccc(-n4ccc(OCc5ccc(F)cc5)cc4=O)nc31)CCCCC2. The summed E-state index contributed by atoms with van der Waals surface area (Å²) in [5.41, 5.74) is 4.33. The van der Waals surface area contributed by atoms with Crippen LogP contribution < -0.4 is 10.3 Å². The summed E-state index contributed by atoms with van der Waals surface area (Å²) < 4.78 is 22.4. The van der Waals surface area contributed by atoms with E-state index >= 15 is 0 Å². The molecule has 5 nitrogen and oxygen atoms in total. The highest BCUT2D eigenvalue weighted by Gasteiger charge is 2.18. The van der Waals surface area contributed by atoms with Crippen molar-refractivity contribution >= 4 is 11.0 Å². The number of pyridine rings is 2. The first-order valence-corrected chi connectivity index (χ1v) is 10.7. The molecule has 0 spiro atoms. The largest absolute Gasteiger partial charge is 0.489 e. The number of halogens is 1. The fraction of sp³-hybridized carbons (Fsp3) is 0.280. The van der Waals surface area contributed by atoms with Gasteiger partial charge in [0.25, 0.3) is 5.56 Å². The van der Waals surface area contributed by atoms with Crippen LogP contribution in [0.2, 0.25) is 0 Å². The molecule has 5 rings (SSSR count). The zero-order valence-corrected chi connectivity index (χ0v) is 17.5. The second-order valence-electron chi connectivity index (χ2n) is 8.07. The molecule has 158 valence electrons. The van der Waals surface area contributed by atoms with E-state index in [1.165, 1.54) is 58.7 Å². The van der Waals surface area contributed by atoms with Gasteiger partial charge in [0.2, 0.25) is 0 Å². The summed E-state index contributed by atoms with van der Waals surface area (Å²) in [7, 11) is 2.07. The highest BCUT2D eigenvalue weighted by molar-refractivity contribution is 5.83. The van der Waals surface area contributed by atoms with Crippen molar-refractivity contribution in [1.82, 2.24) is 14.1 Å². The van der Waals surface area contributed by atoms with Gasteiger partial charge >= 0.3 is 0 Å². The topological polar surface area (TPSA) is 49.0 Å². The van der Waals surface area contributed by atoms with Crippen molar-refractivity contribution in [2.24, 2.45) is 7.05 Å². The van der Waals surface area contributed by atoms with Crippen molar-refractivity contribution in [2.45, 2.75) is 38.7 Å². The lowest BCUT2D eigenvalue weighted by Crippen LogP contribution is -2.18. The molecule has 3 heterocycles. The molecule has 31 heavy (non-hydrogen) atoms. The van der Waals surface area contributed by atoms with Gasteiger partial charge in [-0.25, -0.2) is 9.37 Å². The molecule has 0 radical (unpaired) electrons. The first-order valence-electron chi connectivity index (χ1n) is 10.7. The van der Waals surface area contributed by atoms with Crippen molar-refractivity contribution in [2.75, 3.05) is 0 Å². The van der Waals surface area contributed by atoms with Crippen LogP contribution in [-0.2, 0) is 26.5 Å². The first-order chi connectivity index (χ1) is 15.1. The fourth-order valence-electron chi connectivity index (χ4n) is 4.41. The Balaban J connectivity index is 1.42. The zero-order valence-electron chi connectivity index (χ0n) is 17.5. The molecule has 0 fully saturated rings. The van der Waals surface area contributed by atoms with E-state index in [-0.39, 0.29) is 18.0 Å². The number of nitrogens with zero attached hydrogens (tertiary/aromatic N) is 3. The number of aromatic nitrogens is 3. The summed E-state index contributed by atoms with van der Waals surface area (Å²) in [6.45, 7) is 0.267. The highest BCUT2D eigenvalue weighted by Crippen LogP contribution is 2.30. The minimum absolute atomic E-state index is 0.209. The zero-order chi connectivity index (χ0) is 21.4. The molecule has 0 saturated heterocycles. The van der Waals surface area contributed by atoms with Crippen molar-refractivity contribution in [3.63, 3.8) is 0 Å². The van der Waals surface area contributed by atoms with E-state index in [2.05, 4.69) is 17.7 Å². The number of hydrogen-bond donors (Lipinski definition) is 0. The van der Waals surface area contributed by atoms with Gasteiger partial charge in [0, 0.05) is 30.4 Å². The molecule has 1 aliphatic rings. The summed E-state index contributed by atoms with van der Waals surface area (Å²) >= 11 is 0. The lowest BCUT2D eigenvalue weighted by Gasteiger charge is -2.09. The Morgan fingerprint density at radius 3 is 2.65 bits per heavy atom. The van der Waals surface area contributed by atoms with Gasteiger partial charge in [0.05, 0.1) is 0 Å². The van der Waals surface area contributed by atoms with Gasteiger partial charge in [-0.05, 0) is 67.1 Å². The molecule has 4 aromatic rings. The van der Waals surface area contributed by atoms with Crippen molar-refractivity contribution in [1.29, 1.82) is 0 Å². The third-order valence-electron chi connectivity index (χ3n) is 6.05. The first kappa shape index (κ1) is 19.5. The number of ether oxygens (including phenoxy) is 1. The minimum Gasteiger partial charge on any atom is -0.489 e. The van der Waals surface area contributed by atoms with E-state index in [4.69, 9.17) is 9.72 Å². The monoisotopic (exact) mass is 417 g/mol. The Bertz CT molecular complexity index is 1310. The minimum atomic E-state index is -0.287. The van der Waals surface area contributed by atoms with Crippen LogP contribution in [0.5, 0.6) is 5.75 Å². The average molecular weight is 417 g/mol. The van der Waals surface area contributed by atoms with Gasteiger partial charge in [-0.1, -0.05) is 18.6 Å². The Morgan fingerprint density at radius 2 is 1.84 bits per heavy atom. The number of fused-ring (bicyclic) bond motifs is 3. The smallest absolute Gasteiger partial charge is 0.259 e. The quantitative estimate of drug-likeness (QED) is 0.452. The van der Waals surface area contributed by atoms with Gasteiger partial charge in [-0.3, -0.25) is 9.36 Å². The van der Waals surface area contributed by atoms with Crippen LogP contribution in [0.1, 0.15) is 36.1 Å². The van der Waals surface area contributed by atoms with Gasteiger partial charge in [0.15, 0.2) is 0 Å². The van der Waals surface area contributed by atoms with E-state index in [0.29, 0.717) is 11.6 Å². The molecule has 0 unspecified atom stereocenters. The molecule has 0 aliphatic heterocycles. The molecule has 0 N–H and O–H groups in total. The van der Waals surface area contributed by atoms with Gasteiger partial charge in [-0.15, -0.1) is 0 Å². The molecule has 0 bridgehead atoms. The molecule has 0 amide bonds. The number of rotatable bonds is 4. The van der Waals surface area contributed by atoms with E-state index in [9.17, 15) is 9.18 Å². The second kappa shape index (κ2) is 8.02. The number of hydrogen-bond acceptors (Lipinski definition) is 3. The molecule has 3 aromatic heterocycles. The standard InChI is InChI=1S/C25H24FN3O2/c1-28-22-6-4-2-3-5-20(22)21-11-12-23(27-25(21)28)29-14-13-19(15-24(29)30)31-16-17-7-9-18(26)10-8-17/h7-15H,2-6,16H2,1H3. The number of aryl methyl sites for hydroxylation is 2. The molecule has 1 aliphatic carbocycles. The van der Waals surface area contributed by atoms with Crippen LogP contribution in [0, 0.1) is 5.82 Å². The third-order valence-corrected chi connectivity index (χ3v) is 6.05. The van der Waals surface area contributed by atoms with E-state index in [1.807, 2.05) is 6.07 Å². The van der Waals surface area contributed by atoms with E-state index < -0.39 is 0 Å². The Morgan fingerprint density at radius 1 is 1.03 bits per heavy atom. The van der Waals surface area contributed by atoms with Gasteiger partial charge in [-0.2, -0.15) is 0 Å². The van der Waals surface area contributed by atoms with Crippen LogP contribution in [0.25, 0.3) is 16.9 Å². The Kier molecular flexibility index (Phi) is 5.06. The predicted molar refractivity (Wildman–Crippen MR) is 118 cm³/mol. The third kappa shape index (κ3) is 3.74. The van der Waals surface area contributed by atoms with E-state index in [0.717, 1.165) is 24.1 Å². The summed E-state index contributed by atoms with van der Waals surface area (Å²) in [6.07, 6.45) is 7.55. The summed E-state index contributed by atoms with van der Waals surface area (Å²) in [5.74, 6) is 0.779. The Labute approximate surface area is 179 Å². The summed E-state index contributed by atoms with van der Waals surface area (Å²) in [5, 5.41) is 1.19. The molecule has 6 heteroatoms. The normalized spacial score (nSPS) is 13.7. The number of benzene rings is 1. The van der Waals surface area contributed by atoms with Crippen molar-refractivity contribution < 1.29 is 9.13 Å². The lowest BCUT2D eigenvalue weighted by molar-refractivity contribution is 0.305. The Hall–Kier alpha value is -3.41. The van der Waals surface area contributed by atoms with Crippen LogP contribution in [0.15, 0.2) is 59.5 Å². The maximum atomic E-state index is 13.0. The fourth-order valence-corrected chi connectivity index (χ4v) is 4.41. The maximum absolute atomic E-state index is 13.0. The molecular weight excluding hydrogens is 393 g/mol. The predicted octanol–water partition coefficient (Wildman–Crippen LogP) is 4.71. The van der Waals surface area contributed by atoms with Crippen LogP contribution >= 0.6 is 0 Å².